The molecule has 3 rings (SSSR count). The minimum atomic E-state index is -0.628. The highest BCUT2D eigenvalue weighted by atomic mass is 127. The maximum absolute atomic E-state index is 12.1. The van der Waals surface area contributed by atoms with Gasteiger partial charge in [0.25, 0.3) is 5.91 Å². The molecular formula is C19H16IN3O3S. The van der Waals surface area contributed by atoms with Gasteiger partial charge >= 0.3 is 5.97 Å². The molecule has 6 nitrogen and oxygen atoms in total. The third-order valence-electron chi connectivity index (χ3n) is 3.44. The number of carbonyl (C=O) groups excluding carboxylic acids is 2. The van der Waals surface area contributed by atoms with Gasteiger partial charge in [0.1, 0.15) is 0 Å². The summed E-state index contributed by atoms with van der Waals surface area (Å²) in [6.45, 7) is 0.246. The highest BCUT2D eigenvalue weighted by Gasteiger charge is 2.14. The van der Waals surface area contributed by atoms with E-state index in [0.29, 0.717) is 17.4 Å². The monoisotopic (exact) mass is 493 g/mol. The van der Waals surface area contributed by atoms with Gasteiger partial charge in [0.05, 0.1) is 0 Å². The van der Waals surface area contributed by atoms with Crippen LogP contribution in [-0.2, 0) is 16.1 Å². The number of amides is 1. The van der Waals surface area contributed by atoms with Crippen LogP contribution in [0.15, 0.2) is 60.0 Å². The third kappa shape index (κ3) is 6.04. The summed E-state index contributed by atoms with van der Waals surface area (Å²) >= 11 is 3.47. The van der Waals surface area contributed by atoms with Crippen LogP contribution in [0.2, 0.25) is 0 Å². The summed E-state index contributed by atoms with van der Waals surface area (Å²) in [5.41, 5.74) is 1.95. The molecule has 1 heterocycles. The van der Waals surface area contributed by atoms with Crippen LogP contribution in [0, 0.1) is 3.57 Å². The molecule has 27 heavy (non-hydrogen) atoms. The predicted octanol–water partition coefficient (Wildman–Crippen LogP) is 4.16. The van der Waals surface area contributed by atoms with E-state index in [-0.39, 0.29) is 12.3 Å². The van der Waals surface area contributed by atoms with Crippen LogP contribution in [0.5, 0.6) is 0 Å². The topological polar surface area (TPSA) is 80.3 Å². The van der Waals surface area contributed by atoms with Crippen LogP contribution >= 0.6 is 33.9 Å². The van der Waals surface area contributed by atoms with E-state index >= 15 is 0 Å². The molecule has 0 fully saturated rings. The second-order valence-corrected chi connectivity index (χ2v) is 7.62. The third-order valence-corrected chi connectivity index (χ3v) is 4.91. The zero-order chi connectivity index (χ0) is 19.1. The number of hydrogen-bond donors (Lipinski definition) is 2. The molecule has 1 amide bonds. The summed E-state index contributed by atoms with van der Waals surface area (Å²) in [4.78, 5) is 28.2. The van der Waals surface area contributed by atoms with E-state index in [1.165, 1.54) is 11.3 Å². The highest BCUT2D eigenvalue weighted by molar-refractivity contribution is 14.1. The molecule has 0 aliphatic heterocycles. The number of rotatable bonds is 7. The Balaban J connectivity index is 1.47. The first-order chi connectivity index (χ1) is 13.1. The lowest BCUT2D eigenvalue weighted by molar-refractivity contribution is -0.119. The van der Waals surface area contributed by atoms with Crippen molar-refractivity contribution >= 4 is 56.6 Å². The molecule has 138 valence electrons. The molecule has 0 spiro atoms. The van der Waals surface area contributed by atoms with Crippen molar-refractivity contribution in [1.29, 1.82) is 0 Å². The van der Waals surface area contributed by atoms with E-state index in [9.17, 15) is 9.59 Å². The number of esters is 1. The van der Waals surface area contributed by atoms with Crippen molar-refractivity contribution in [1.82, 2.24) is 4.98 Å². The summed E-state index contributed by atoms with van der Waals surface area (Å²) in [5, 5.41) is 8.06. The fourth-order valence-corrected chi connectivity index (χ4v) is 3.41. The maximum atomic E-state index is 12.1. The van der Waals surface area contributed by atoms with Crippen LogP contribution in [0.25, 0.3) is 0 Å². The van der Waals surface area contributed by atoms with Gasteiger partial charge in [-0.25, -0.2) is 9.78 Å². The summed E-state index contributed by atoms with van der Waals surface area (Å²) in [7, 11) is 0. The number of thiazole rings is 1. The quantitative estimate of drug-likeness (QED) is 0.382. The van der Waals surface area contributed by atoms with E-state index < -0.39 is 11.9 Å². The number of ether oxygens (including phenoxy) is 1. The first-order valence-electron chi connectivity index (χ1n) is 8.06. The van der Waals surface area contributed by atoms with Crippen LogP contribution in [0.1, 0.15) is 16.1 Å². The molecule has 0 saturated carbocycles. The zero-order valence-corrected chi connectivity index (χ0v) is 17.1. The van der Waals surface area contributed by atoms with E-state index in [1.54, 1.807) is 11.4 Å². The van der Waals surface area contributed by atoms with Crippen molar-refractivity contribution in [3.05, 3.63) is 74.8 Å². The Hall–Kier alpha value is -2.46. The molecule has 0 atom stereocenters. The van der Waals surface area contributed by atoms with Crippen molar-refractivity contribution in [3.63, 3.8) is 0 Å². The normalized spacial score (nSPS) is 10.3. The Morgan fingerprint density at radius 2 is 1.93 bits per heavy atom. The molecule has 0 aliphatic rings. The predicted molar refractivity (Wildman–Crippen MR) is 114 cm³/mol. The number of halogens is 1. The Bertz CT molecular complexity index is 931. The average Bonchev–Trinajstić information content (AvgIpc) is 3.14. The number of nitrogens with one attached hydrogen (secondary N) is 2. The van der Waals surface area contributed by atoms with Gasteiger partial charge in [-0.05, 0) is 46.4 Å². The van der Waals surface area contributed by atoms with Crippen LogP contribution in [0.4, 0.5) is 10.8 Å². The van der Waals surface area contributed by atoms with E-state index in [0.717, 1.165) is 9.13 Å². The van der Waals surface area contributed by atoms with E-state index in [4.69, 9.17) is 4.74 Å². The SMILES string of the molecule is O=C(COC(=O)c1csc(NCc2ccccc2)n1)Nc1cccc(I)c1. The van der Waals surface area contributed by atoms with Crippen LogP contribution in [0.3, 0.4) is 0 Å². The Morgan fingerprint density at radius 3 is 2.70 bits per heavy atom. The van der Waals surface area contributed by atoms with Gasteiger partial charge in [0.2, 0.25) is 0 Å². The van der Waals surface area contributed by atoms with Crippen molar-refractivity contribution in [2.24, 2.45) is 0 Å². The van der Waals surface area contributed by atoms with Crippen molar-refractivity contribution in [2.45, 2.75) is 6.54 Å². The molecular weight excluding hydrogens is 477 g/mol. The number of hydrogen-bond acceptors (Lipinski definition) is 6. The summed E-state index contributed by atoms with van der Waals surface area (Å²) < 4.78 is 6.03. The number of carbonyl (C=O) groups is 2. The number of anilines is 2. The molecule has 8 heteroatoms. The molecule has 0 aliphatic carbocycles. The average molecular weight is 493 g/mol. The van der Waals surface area contributed by atoms with E-state index in [2.05, 4.69) is 38.2 Å². The van der Waals surface area contributed by atoms with Gasteiger partial charge in [-0.1, -0.05) is 36.4 Å². The molecule has 2 N–H and O–H groups in total. The van der Waals surface area contributed by atoms with Gasteiger partial charge in [-0.2, -0.15) is 0 Å². The van der Waals surface area contributed by atoms with Crippen LogP contribution < -0.4 is 10.6 Å². The zero-order valence-electron chi connectivity index (χ0n) is 14.1. The number of nitrogens with zero attached hydrogens (tertiary/aromatic N) is 1. The van der Waals surface area contributed by atoms with Gasteiger partial charge in [-0.15, -0.1) is 11.3 Å². The fourth-order valence-electron chi connectivity index (χ4n) is 2.19. The molecule has 3 aromatic rings. The minimum absolute atomic E-state index is 0.178. The molecule has 0 radical (unpaired) electrons. The summed E-state index contributed by atoms with van der Waals surface area (Å²) in [5.74, 6) is -1.03. The van der Waals surface area contributed by atoms with Gasteiger partial charge in [0, 0.05) is 21.2 Å². The van der Waals surface area contributed by atoms with Crippen LogP contribution in [-0.4, -0.2) is 23.5 Å². The fraction of sp³-hybridized carbons (Fsp3) is 0.105. The van der Waals surface area contributed by atoms with E-state index in [1.807, 2.05) is 48.5 Å². The first-order valence-corrected chi connectivity index (χ1v) is 10.0. The van der Waals surface area contributed by atoms with Gasteiger partial charge in [-0.3, -0.25) is 4.79 Å². The van der Waals surface area contributed by atoms with Gasteiger partial charge < -0.3 is 15.4 Å². The lowest BCUT2D eigenvalue weighted by atomic mass is 10.2. The molecule has 1 aromatic heterocycles. The lowest BCUT2D eigenvalue weighted by Crippen LogP contribution is -2.21. The molecule has 0 saturated heterocycles. The minimum Gasteiger partial charge on any atom is -0.451 e. The smallest absolute Gasteiger partial charge is 0.358 e. The maximum Gasteiger partial charge on any atom is 0.358 e. The Labute approximate surface area is 174 Å². The van der Waals surface area contributed by atoms with Crippen molar-refractivity contribution in [3.8, 4) is 0 Å². The first kappa shape index (κ1) is 19.3. The second kappa shape index (κ2) is 9.47. The number of aromatic nitrogens is 1. The Kier molecular flexibility index (Phi) is 6.77. The molecule has 0 bridgehead atoms. The lowest BCUT2D eigenvalue weighted by Gasteiger charge is -2.06. The molecule has 2 aromatic carbocycles. The molecule has 0 unspecified atom stereocenters. The van der Waals surface area contributed by atoms with Crippen molar-refractivity contribution in [2.75, 3.05) is 17.2 Å². The largest absolute Gasteiger partial charge is 0.451 e. The van der Waals surface area contributed by atoms with Gasteiger partial charge in [0.15, 0.2) is 17.4 Å². The number of benzene rings is 2. The Morgan fingerprint density at radius 1 is 1.11 bits per heavy atom. The standard InChI is InChI=1S/C19H16IN3O3S/c20-14-7-4-8-15(9-14)22-17(24)11-26-18(25)16-12-27-19(23-16)21-10-13-5-2-1-3-6-13/h1-9,12H,10-11H2,(H,21,23)(H,22,24). The van der Waals surface area contributed by atoms with Crippen molar-refractivity contribution < 1.29 is 14.3 Å². The summed E-state index contributed by atoms with van der Waals surface area (Å²) in [6, 6.07) is 17.2. The highest BCUT2D eigenvalue weighted by Crippen LogP contribution is 2.17. The summed E-state index contributed by atoms with van der Waals surface area (Å²) in [6.07, 6.45) is 0. The second-order valence-electron chi connectivity index (χ2n) is 5.51.